The number of carbonyl (C=O) groups excluding carboxylic acids is 1. The number of anilines is 1. The van der Waals surface area contributed by atoms with Crippen molar-refractivity contribution in [3.63, 3.8) is 0 Å². The number of rotatable bonds is 2. The Kier molecular flexibility index (Phi) is 4.59. The number of hydrogen-bond acceptors (Lipinski definition) is 4. The summed E-state index contributed by atoms with van der Waals surface area (Å²) in [5, 5.41) is 9.28. The average molecular weight is 342 g/mol. The van der Waals surface area contributed by atoms with Crippen LogP contribution < -0.4 is 4.90 Å². The molecule has 1 aromatic heterocycles. The molecule has 108 valence electrons. The number of aromatic nitrogens is 1. The third-order valence-corrected chi connectivity index (χ3v) is 3.74. The van der Waals surface area contributed by atoms with E-state index in [4.69, 9.17) is 0 Å². The topological polar surface area (TPSA) is 73.7 Å². The van der Waals surface area contributed by atoms with E-state index < -0.39 is 5.97 Å². The van der Waals surface area contributed by atoms with Gasteiger partial charge in [-0.15, -0.1) is 0 Å². The average Bonchev–Trinajstić information content (AvgIpc) is 2.64. The van der Waals surface area contributed by atoms with Gasteiger partial charge in [-0.05, 0) is 28.4 Å². The summed E-state index contributed by atoms with van der Waals surface area (Å²) < 4.78 is 0.638. The second-order valence-electron chi connectivity index (χ2n) is 4.68. The van der Waals surface area contributed by atoms with Crippen LogP contribution in [0.2, 0.25) is 0 Å². The van der Waals surface area contributed by atoms with Crippen molar-refractivity contribution in [1.29, 1.82) is 0 Å². The minimum Gasteiger partial charge on any atom is -0.478 e. The van der Waals surface area contributed by atoms with E-state index in [0.717, 1.165) is 6.42 Å². The minimum absolute atomic E-state index is 0.0501. The van der Waals surface area contributed by atoms with Crippen LogP contribution in [0.5, 0.6) is 0 Å². The van der Waals surface area contributed by atoms with Crippen LogP contribution in [0, 0.1) is 0 Å². The first-order valence-corrected chi connectivity index (χ1v) is 7.17. The van der Waals surface area contributed by atoms with E-state index in [1.165, 1.54) is 0 Å². The van der Waals surface area contributed by atoms with Crippen LogP contribution in [0.25, 0.3) is 0 Å². The molecule has 1 aromatic rings. The van der Waals surface area contributed by atoms with Gasteiger partial charge in [-0.1, -0.05) is 0 Å². The van der Waals surface area contributed by atoms with Gasteiger partial charge in [0.05, 0.1) is 0 Å². The molecule has 1 N–H and O–H groups in total. The second kappa shape index (κ2) is 6.21. The van der Waals surface area contributed by atoms with Crippen LogP contribution >= 0.6 is 15.9 Å². The van der Waals surface area contributed by atoms with Crippen LogP contribution in [0.1, 0.15) is 23.7 Å². The van der Waals surface area contributed by atoms with Crippen molar-refractivity contribution in [3.8, 4) is 0 Å². The molecule has 1 amide bonds. The van der Waals surface area contributed by atoms with Gasteiger partial charge in [0, 0.05) is 43.8 Å². The molecule has 0 bridgehead atoms. The van der Waals surface area contributed by atoms with Crippen LogP contribution in [0.3, 0.4) is 0 Å². The largest absolute Gasteiger partial charge is 0.478 e. The van der Waals surface area contributed by atoms with Crippen LogP contribution in [0.4, 0.5) is 5.82 Å². The Balaban J connectivity index is 2.23. The first-order chi connectivity index (χ1) is 9.49. The molecule has 0 radical (unpaired) electrons. The number of carboxylic acid groups (broad SMARTS) is 1. The Bertz CT molecular complexity index is 536. The van der Waals surface area contributed by atoms with E-state index in [9.17, 15) is 14.7 Å². The number of carboxylic acids is 1. The zero-order valence-corrected chi connectivity index (χ0v) is 12.8. The summed E-state index contributed by atoms with van der Waals surface area (Å²) in [4.78, 5) is 30.7. The van der Waals surface area contributed by atoms with E-state index in [1.807, 2.05) is 4.90 Å². The molecule has 0 saturated carbocycles. The predicted octanol–water partition coefficient (Wildman–Crippen LogP) is 1.60. The highest BCUT2D eigenvalue weighted by molar-refractivity contribution is 9.10. The first kappa shape index (κ1) is 14.8. The molecule has 2 rings (SSSR count). The van der Waals surface area contributed by atoms with E-state index in [1.54, 1.807) is 24.1 Å². The molecule has 6 nitrogen and oxygen atoms in total. The molecule has 0 aliphatic carbocycles. The summed E-state index contributed by atoms with van der Waals surface area (Å²) in [7, 11) is 0. The molecule has 1 fully saturated rings. The number of nitrogens with zero attached hydrogens (tertiary/aromatic N) is 3. The lowest BCUT2D eigenvalue weighted by Crippen LogP contribution is -2.34. The summed E-state index contributed by atoms with van der Waals surface area (Å²) in [6.07, 6.45) is 2.39. The van der Waals surface area contributed by atoms with Crippen LogP contribution in [-0.2, 0) is 4.79 Å². The van der Waals surface area contributed by atoms with Crippen molar-refractivity contribution in [2.75, 3.05) is 31.1 Å². The Hall–Kier alpha value is -1.63. The molecule has 7 heteroatoms. The van der Waals surface area contributed by atoms with Gasteiger partial charge in [0.25, 0.3) is 0 Å². The fourth-order valence-corrected chi connectivity index (χ4v) is 2.62. The number of hydrogen-bond donors (Lipinski definition) is 1. The van der Waals surface area contributed by atoms with Gasteiger partial charge in [0.1, 0.15) is 11.4 Å². The highest BCUT2D eigenvalue weighted by atomic mass is 79.9. The maximum atomic E-state index is 11.4. The van der Waals surface area contributed by atoms with Gasteiger partial charge in [-0.2, -0.15) is 0 Å². The molecule has 1 aliphatic heterocycles. The molecule has 0 spiro atoms. The number of carbonyl (C=O) groups is 2. The minimum atomic E-state index is -0.999. The molecule has 20 heavy (non-hydrogen) atoms. The monoisotopic (exact) mass is 341 g/mol. The van der Waals surface area contributed by atoms with Gasteiger partial charge >= 0.3 is 5.97 Å². The Morgan fingerprint density at radius 3 is 2.70 bits per heavy atom. The third kappa shape index (κ3) is 3.27. The highest BCUT2D eigenvalue weighted by Crippen LogP contribution is 2.23. The fraction of sp³-hybridized carbons (Fsp3) is 0.462. The smallest absolute Gasteiger partial charge is 0.339 e. The van der Waals surface area contributed by atoms with Crippen LogP contribution in [0.15, 0.2) is 16.7 Å². The summed E-state index contributed by atoms with van der Waals surface area (Å²) in [6.45, 7) is 4.13. The van der Waals surface area contributed by atoms with Gasteiger partial charge in [-0.25, -0.2) is 9.78 Å². The number of halogens is 1. The Morgan fingerprint density at radius 1 is 1.30 bits per heavy atom. The molecular weight excluding hydrogens is 326 g/mol. The summed E-state index contributed by atoms with van der Waals surface area (Å²) in [5.74, 6) is -0.485. The van der Waals surface area contributed by atoms with Gasteiger partial charge < -0.3 is 14.9 Å². The molecular formula is C13H16BrN3O3. The van der Waals surface area contributed by atoms with Crippen molar-refractivity contribution < 1.29 is 14.7 Å². The highest BCUT2D eigenvalue weighted by Gasteiger charge is 2.22. The summed E-state index contributed by atoms with van der Waals surface area (Å²) in [5.41, 5.74) is 0.177. The third-order valence-electron chi connectivity index (χ3n) is 3.30. The summed E-state index contributed by atoms with van der Waals surface area (Å²) in [6, 6.07) is 1.55. The van der Waals surface area contributed by atoms with Crippen molar-refractivity contribution in [3.05, 3.63) is 22.3 Å². The van der Waals surface area contributed by atoms with Crippen molar-refractivity contribution >= 4 is 33.6 Å². The molecule has 0 unspecified atom stereocenters. The lowest BCUT2D eigenvalue weighted by atomic mass is 10.2. The van der Waals surface area contributed by atoms with Crippen LogP contribution in [-0.4, -0.2) is 53.0 Å². The van der Waals surface area contributed by atoms with Gasteiger partial charge in [0.2, 0.25) is 5.91 Å². The van der Waals surface area contributed by atoms with E-state index in [0.29, 0.717) is 36.5 Å². The maximum absolute atomic E-state index is 11.4. The summed E-state index contributed by atoms with van der Waals surface area (Å²) >= 11 is 3.24. The fourth-order valence-electron chi connectivity index (χ4n) is 2.29. The quantitative estimate of drug-likeness (QED) is 0.884. The number of aromatic carboxylic acids is 1. The standard InChI is InChI=1S/C13H16BrN3O3/c1-9(18)16-3-2-4-17(6-5-16)12-11(13(19)20)7-10(14)8-15-12/h7-8H,2-6H2,1H3,(H,19,20). The normalized spacial score (nSPS) is 15.9. The Labute approximate surface area is 125 Å². The predicted molar refractivity (Wildman–Crippen MR) is 78.0 cm³/mol. The van der Waals surface area contributed by atoms with E-state index in [-0.39, 0.29) is 11.5 Å². The number of pyridine rings is 1. The van der Waals surface area contributed by atoms with Crippen molar-refractivity contribution in [2.45, 2.75) is 13.3 Å². The number of amides is 1. The molecule has 0 atom stereocenters. The zero-order valence-electron chi connectivity index (χ0n) is 11.2. The molecule has 1 aliphatic rings. The SMILES string of the molecule is CC(=O)N1CCCN(c2ncc(Br)cc2C(=O)O)CC1. The van der Waals surface area contributed by atoms with Gasteiger partial charge in [-0.3, -0.25) is 4.79 Å². The molecule has 1 saturated heterocycles. The maximum Gasteiger partial charge on any atom is 0.339 e. The first-order valence-electron chi connectivity index (χ1n) is 6.38. The molecule has 0 aromatic carbocycles. The van der Waals surface area contributed by atoms with Crippen molar-refractivity contribution in [2.24, 2.45) is 0 Å². The molecule has 2 heterocycles. The lowest BCUT2D eigenvalue weighted by molar-refractivity contribution is -0.128. The van der Waals surface area contributed by atoms with E-state index in [2.05, 4.69) is 20.9 Å². The van der Waals surface area contributed by atoms with E-state index >= 15 is 0 Å². The van der Waals surface area contributed by atoms with Crippen molar-refractivity contribution in [1.82, 2.24) is 9.88 Å². The Morgan fingerprint density at radius 2 is 2.05 bits per heavy atom. The van der Waals surface area contributed by atoms with Gasteiger partial charge in [0.15, 0.2) is 0 Å². The lowest BCUT2D eigenvalue weighted by Gasteiger charge is -2.23. The second-order valence-corrected chi connectivity index (χ2v) is 5.59. The zero-order chi connectivity index (χ0) is 14.7.